The highest BCUT2D eigenvalue weighted by Crippen LogP contribution is 2.22. The molecule has 156 valence electrons. The van der Waals surface area contributed by atoms with Crippen LogP contribution in [0.3, 0.4) is 0 Å². The number of nitrogens with one attached hydrogen (secondary N) is 1. The van der Waals surface area contributed by atoms with E-state index in [0.717, 1.165) is 27.4 Å². The Hall–Kier alpha value is -2.34. The molecule has 1 aromatic heterocycles. The van der Waals surface area contributed by atoms with Gasteiger partial charge in [-0.15, -0.1) is 11.3 Å². The van der Waals surface area contributed by atoms with Crippen LogP contribution >= 0.6 is 11.3 Å². The van der Waals surface area contributed by atoms with Gasteiger partial charge >= 0.3 is 5.97 Å². The van der Waals surface area contributed by atoms with Crippen molar-refractivity contribution in [2.45, 2.75) is 11.4 Å². The van der Waals surface area contributed by atoms with E-state index >= 15 is 0 Å². The summed E-state index contributed by atoms with van der Waals surface area (Å²) in [6.07, 6.45) is 0. The number of hydrogen-bond acceptors (Lipinski definition) is 7. The molecule has 29 heavy (non-hydrogen) atoms. The monoisotopic (exact) mass is 442 g/mol. The number of sulfonamides is 1. The number of morpholine rings is 1. The average Bonchev–Trinajstić information content (AvgIpc) is 3.25. The van der Waals surface area contributed by atoms with Gasteiger partial charge in [0.15, 0.2) is 6.61 Å². The Balaban J connectivity index is 1.63. The first-order chi connectivity index (χ1) is 13.9. The molecule has 1 aliphatic rings. The van der Waals surface area contributed by atoms with Crippen molar-refractivity contribution in [2.24, 2.45) is 0 Å². The highest BCUT2D eigenvalue weighted by atomic mass is 32.2. The van der Waals surface area contributed by atoms with Crippen molar-refractivity contribution in [3.63, 3.8) is 0 Å². The topological polar surface area (TPSA) is 102 Å². The Morgan fingerprint density at radius 1 is 1.24 bits per heavy atom. The van der Waals surface area contributed by atoms with Crippen molar-refractivity contribution in [2.75, 3.05) is 32.9 Å². The van der Waals surface area contributed by atoms with Crippen LogP contribution in [0.1, 0.15) is 15.2 Å². The molecule has 0 atom stereocenters. The van der Waals surface area contributed by atoms with Gasteiger partial charge in [0.25, 0.3) is 5.91 Å². The molecular formula is C18H19FN2O6S2. The smallest absolute Gasteiger partial charge is 0.338 e. The van der Waals surface area contributed by atoms with Crippen LogP contribution in [-0.2, 0) is 30.8 Å². The van der Waals surface area contributed by atoms with Gasteiger partial charge in [-0.25, -0.2) is 17.6 Å². The average molecular weight is 442 g/mol. The highest BCUT2D eigenvalue weighted by molar-refractivity contribution is 7.89. The predicted octanol–water partition coefficient (Wildman–Crippen LogP) is 1.38. The van der Waals surface area contributed by atoms with Gasteiger partial charge < -0.3 is 14.8 Å². The molecule has 1 fully saturated rings. The number of halogens is 1. The van der Waals surface area contributed by atoms with Crippen LogP contribution < -0.4 is 5.32 Å². The molecule has 2 heterocycles. The number of carbonyl (C=O) groups is 2. The zero-order valence-electron chi connectivity index (χ0n) is 15.3. The lowest BCUT2D eigenvalue weighted by molar-refractivity contribution is -0.124. The van der Waals surface area contributed by atoms with Gasteiger partial charge in [-0.2, -0.15) is 4.31 Å². The third-order valence-electron chi connectivity index (χ3n) is 4.13. The number of esters is 1. The van der Waals surface area contributed by atoms with Crippen LogP contribution in [0.4, 0.5) is 4.39 Å². The van der Waals surface area contributed by atoms with Crippen molar-refractivity contribution in [1.29, 1.82) is 0 Å². The Labute approximate surface area is 171 Å². The number of hydrogen-bond donors (Lipinski definition) is 1. The largest absolute Gasteiger partial charge is 0.452 e. The lowest BCUT2D eigenvalue weighted by Gasteiger charge is -2.26. The molecule has 1 saturated heterocycles. The summed E-state index contributed by atoms with van der Waals surface area (Å²) < 4.78 is 50.6. The van der Waals surface area contributed by atoms with Gasteiger partial charge in [-0.1, -0.05) is 6.07 Å². The van der Waals surface area contributed by atoms with E-state index < -0.39 is 39.2 Å². The Morgan fingerprint density at radius 2 is 2.00 bits per heavy atom. The first-order valence-corrected chi connectivity index (χ1v) is 11.0. The van der Waals surface area contributed by atoms with E-state index in [9.17, 15) is 22.4 Å². The summed E-state index contributed by atoms with van der Waals surface area (Å²) in [5.74, 6) is -2.40. The molecule has 2 aromatic rings. The summed E-state index contributed by atoms with van der Waals surface area (Å²) in [4.78, 5) is 24.3. The fourth-order valence-corrected chi connectivity index (χ4v) is 4.76. The first-order valence-electron chi connectivity index (χ1n) is 8.71. The van der Waals surface area contributed by atoms with E-state index in [1.54, 1.807) is 0 Å². The summed E-state index contributed by atoms with van der Waals surface area (Å²) in [7, 11) is -4.12. The molecule has 0 spiro atoms. The number of amides is 1. The molecule has 3 rings (SSSR count). The first kappa shape index (κ1) is 21.4. The number of benzene rings is 1. The van der Waals surface area contributed by atoms with Crippen molar-refractivity contribution in [3.8, 4) is 0 Å². The number of nitrogens with zero attached hydrogens (tertiary/aromatic N) is 1. The Bertz CT molecular complexity index is 972. The molecule has 8 nitrogen and oxygen atoms in total. The van der Waals surface area contributed by atoms with Gasteiger partial charge in [0.1, 0.15) is 10.7 Å². The van der Waals surface area contributed by atoms with Gasteiger partial charge in [-0.05, 0) is 29.6 Å². The highest BCUT2D eigenvalue weighted by Gasteiger charge is 2.30. The molecule has 1 N–H and O–H groups in total. The van der Waals surface area contributed by atoms with E-state index in [-0.39, 0.29) is 31.9 Å². The van der Waals surface area contributed by atoms with Crippen LogP contribution in [-0.4, -0.2) is 57.5 Å². The molecule has 0 saturated carbocycles. The quantitative estimate of drug-likeness (QED) is 0.650. The molecule has 11 heteroatoms. The van der Waals surface area contributed by atoms with Crippen molar-refractivity contribution in [3.05, 3.63) is 52.0 Å². The van der Waals surface area contributed by atoms with E-state index in [2.05, 4.69) is 5.32 Å². The maximum Gasteiger partial charge on any atom is 0.338 e. The second-order valence-corrected chi connectivity index (χ2v) is 9.03. The van der Waals surface area contributed by atoms with Crippen LogP contribution in [0.15, 0.2) is 40.6 Å². The molecule has 0 unspecified atom stereocenters. The van der Waals surface area contributed by atoms with Gasteiger partial charge in [0, 0.05) is 18.0 Å². The maximum absolute atomic E-state index is 14.2. The molecular weight excluding hydrogens is 423 g/mol. The fourth-order valence-electron chi connectivity index (χ4n) is 2.62. The summed E-state index contributed by atoms with van der Waals surface area (Å²) in [6, 6.07) is 6.63. The molecule has 1 aliphatic heterocycles. The maximum atomic E-state index is 14.2. The minimum absolute atomic E-state index is 0.0981. The van der Waals surface area contributed by atoms with Gasteiger partial charge in [0.2, 0.25) is 10.0 Å². The summed E-state index contributed by atoms with van der Waals surface area (Å²) in [5.41, 5.74) is -0.163. The van der Waals surface area contributed by atoms with E-state index in [4.69, 9.17) is 9.47 Å². The molecule has 1 aromatic carbocycles. The second kappa shape index (κ2) is 9.44. The minimum atomic E-state index is -4.12. The SMILES string of the molecule is O=C(COC(=O)c1ccc(F)c(S(=O)(=O)N2CCOCC2)c1)NCc1cccs1. The number of thiophene rings is 1. The number of rotatable bonds is 7. The van der Waals surface area contributed by atoms with Crippen LogP contribution in [0.2, 0.25) is 0 Å². The van der Waals surface area contributed by atoms with Crippen LogP contribution in [0.5, 0.6) is 0 Å². The van der Waals surface area contributed by atoms with Gasteiger partial charge in [0.05, 0.1) is 25.3 Å². The third kappa shape index (κ3) is 5.38. The predicted molar refractivity (Wildman–Crippen MR) is 102 cm³/mol. The van der Waals surface area contributed by atoms with Crippen molar-refractivity contribution < 1.29 is 31.9 Å². The second-order valence-electron chi connectivity index (χ2n) is 6.09. The fraction of sp³-hybridized carbons (Fsp3) is 0.333. The number of ether oxygens (including phenoxy) is 2. The van der Waals surface area contributed by atoms with Crippen LogP contribution in [0, 0.1) is 5.82 Å². The van der Waals surface area contributed by atoms with E-state index in [1.165, 1.54) is 11.3 Å². The van der Waals surface area contributed by atoms with E-state index in [0.29, 0.717) is 6.54 Å². The van der Waals surface area contributed by atoms with Crippen LogP contribution in [0.25, 0.3) is 0 Å². The molecule has 1 amide bonds. The zero-order valence-corrected chi connectivity index (χ0v) is 16.9. The zero-order chi connectivity index (χ0) is 20.9. The third-order valence-corrected chi connectivity index (χ3v) is 6.92. The van der Waals surface area contributed by atoms with Crippen molar-refractivity contribution >= 4 is 33.2 Å². The Kier molecular flexibility index (Phi) is 6.96. The lowest BCUT2D eigenvalue weighted by atomic mass is 10.2. The normalized spacial score (nSPS) is 15.1. The molecule has 0 bridgehead atoms. The van der Waals surface area contributed by atoms with Crippen molar-refractivity contribution in [1.82, 2.24) is 9.62 Å². The standard InChI is InChI=1S/C18H19FN2O6S2/c19-15-4-3-13(10-16(15)29(24,25)21-5-7-26-8-6-21)18(23)27-12-17(22)20-11-14-2-1-9-28-14/h1-4,9-10H,5-8,11-12H2,(H,20,22). The molecule has 0 aliphatic carbocycles. The lowest BCUT2D eigenvalue weighted by Crippen LogP contribution is -2.41. The molecule has 0 radical (unpaired) electrons. The summed E-state index contributed by atoms with van der Waals surface area (Å²) in [6.45, 7) is 0.397. The Morgan fingerprint density at radius 3 is 2.69 bits per heavy atom. The van der Waals surface area contributed by atoms with E-state index in [1.807, 2.05) is 17.5 Å². The summed E-state index contributed by atoms with van der Waals surface area (Å²) >= 11 is 1.48. The number of carbonyl (C=O) groups excluding carboxylic acids is 2. The minimum Gasteiger partial charge on any atom is -0.452 e. The summed E-state index contributed by atoms with van der Waals surface area (Å²) in [5, 5.41) is 4.47. The van der Waals surface area contributed by atoms with Gasteiger partial charge in [-0.3, -0.25) is 4.79 Å².